The third-order valence-electron chi connectivity index (χ3n) is 5.87. The number of nitrogens with zero attached hydrogens (tertiary/aromatic N) is 4. The second-order valence-electron chi connectivity index (χ2n) is 8.27. The molecular formula is C20H22F3N5O2. The molecule has 1 N–H and O–H groups in total. The first-order valence-electron chi connectivity index (χ1n) is 10.0. The molecule has 3 aliphatic heterocycles. The minimum absolute atomic E-state index is 0.0971. The SMILES string of the molecule is FC(F)(F)c1ccnc(Nc2cc(C3CCOCC3)nc(N3CC4(COC4)C3)n2)c1. The van der Waals surface area contributed by atoms with Crippen LogP contribution in [-0.2, 0) is 15.7 Å². The van der Waals surface area contributed by atoms with Crippen molar-refractivity contribution in [1.29, 1.82) is 0 Å². The summed E-state index contributed by atoms with van der Waals surface area (Å²) < 4.78 is 49.9. The lowest BCUT2D eigenvalue weighted by Gasteiger charge is -2.55. The van der Waals surface area contributed by atoms with E-state index in [1.807, 2.05) is 6.07 Å². The van der Waals surface area contributed by atoms with Gasteiger partial charge in [-0.25, -0.2) is 9.97 Å². The van der Waals surface area contributed by atoms with E-state index in [1.165, 1.54) is 0 Å². The van der Waals surface area contributed by atoms with E-state index in [0.717, 1.165) is 63.2 Å². The molecule has 0 atom stereocenters. The van der Waals surface area contributed by atoms with Gasteiger partial charge in [0.2, 0.25) is 5.95 Å². The molecule has 1 spiro atoms. The number of rotatable bonds is 4. The Bertz CT molecular complexity index is 921. The zero-order valence-electron chi connectivity index (χ0n) is 16.3. The number of ether oxygens (including phenoxy) is 2. The minimum Gasteiger partial charge on any atom is -0.381 e. The van der Waals surface area contributed by atoms with Crippen LogP contribution in [0.25, 0.3) is 0 Å². The molecule has 3 saturated heterocycles. The van der Waals surface area contributed by atoms with Crippen molar-refractivity contribution in [2.75, 3.05) is 49.7 Å². The molecule has 0 aliphatic carbocycles. The average molecular weight is 421 g/mol. The van der Waals surface area contributed by atoms with Gasteiger partial charge in [-0.3, -0.25) is 0 Å². The first-order valence-corrected chi connectivity index (χ1v) is 10.0. The van der Waals surface area contributed by atoms with Crippen molar-refractivity contribution >= 4 is 17.6 Å². The normalized spacial score (nSPS) is 21.2. The quantitative estimate of drug-likeness (QED) is 0.812. The Morgan fingerprint density at radius 1 is 1.03 bits per heavy atom. The van der Waals surface area contributed by atoms with Crippen LogP contribution in [0.2, 0.25) is 0 Å². The Balaban J connectivity index is 1.42. The molecule has 30 heavy (non-hydrogen) atoms. The second kappa shape index (κ2) is 7.35. The molecular weight excluding hydrogens is 399 g/mol. The third kappa shape index (κ3) is 3.81. The van der Waals surface area contributed by atoms with Gasteiger partial charge in [0.05, 0.1) is 29.9 Å². The Kier molecular flexibility index (Phi) is 4.78. The number of hydrogen-bond acceptors (Lipinski definition) is 7. The van der Waals surface area contributed by atoms with Gasteiger partial charge in [0.15, 0.2) is 0 Å². The van der Waals surface area contributed by atoms with Gasteiger partial charge in [-0.05, 0) is 25.0 Å². The molecule has 0 radical (unpaired) electrons. The van der Waals surface area contributed by atoms with E-state index in [4.69, 9.17) is 14.5 Å². The summed E-state index contributed by atoms with van der Waals surface area (Å²) in [4.78, 5) is 15.5. The summed E-state index contributed by atoms with van der Waals surface area (Å²) in [6.07, 6.45) is -1.58. The van der Waals surface area contributed by atoms with Gasteiger partial charge in [-0.15, -0.1) is 0 Å². The van der Waals surface area contributed by atoms with E-state index in [1.54, 1.807) is 0 Å². The predicted octanol–water partition coefficient (Wildman–Crippen LogP) is 3.36. The lowest BCUT2D eigenvalue weighted by atomic mass is 9.78. The summed E-state index contributed by atoms with van der Waals surface area (Å²) in [7, 11) is 0. The maximum Gasteiger partial charge on any atom is 0.416 e. The van der Waals surface area contributed by atoms with Crippen LogP contribution in [-0.4, -0.2) is 54.5 Å². The summed E-state index contributed by atoms with van der Waals surface area (Å²) in [6.45, 7) is 4.50. The smallest absolute Gasteiger partial charge is 0.381 e. The second-order valence-corrected chi connectivity index (χ2v) is 8.27. The standard InChI is InChI=1S/C20H22F3N5O2/c21-20(22,23)14-1-4-24-16(7-14)26-17-8-15(13-2-5-29-6-3-13)25-18(27-17)28-9-19(10-28)11-30-12-19/h1,4,7-8,13H,2-3,5-6,9-12H2,(H,24,25,26,27). The molecule has 0 bridgehead atoms. The molecule has 2 aromatic rings. The molecule has 160 valence electrons. The highest BCUT2D eigenvalue weighted by Gasteiger charge is 2.50. The highest BCUT2D eigenvalue weighted by atomic mass is 19.4. The molecule has 0 aromatic carbocycles. The number of aromatic nitrogens is 3. The molecule has 5 heterocycles. The number of anilines is 3. The van der Waals surface area contributed by atoms with Gasteiger partial charge >= 0.3 is 6.18 Å². The lowest BCUT2D eigenvalue weighted by molar-refractivity contribution is -0.137. The summed E-state index contributed by atoms with van der Waals surface area (Å²) in [6, 6.07) is 3.74. The third-order valence-corrected chi connectivity index (χ3v) is 5.87. The number of hydrogen-bond donors (Lipinski definition) is 1. The van der Waals surface area contributed by atoms with Crippen LogP contribution in [0.3, 0.4) is 0 Å². The monoisotopic (exact) mass is 421 g/mol. The number of nitrogens with one attached hydrogen (secondary N) is 1. The molecule has 0 saturated carbocycles. The van der Waals surface area contributed by atoms with E-state index < -0.39 is 11.7 Å². The fraction of sp³-hybridized carbons (Fsp3) is 0.550. The van der Waals surface area contributed by atoms with Crippen molar-refractivity contribution in [2.24, 2.45) is 5.41 Å². The first kappa shape index (κ1) is 19.5. The lowest BCUT2D eigenvalue weighted by Crippen LogP contribution is -2.66. The summed E-state index contributed by atoms with van der Waals surface area (Å²) in [5, 5.41) is 2.94. The van der Waals surface area contributed by atoms with Crippen molar-refractivity contribution in [3.8, 4) is 0 Å². The number of halogens is 3. The van der Waals surface area contributed by atoms with Gasteiger partial charge in [0.25, 0.3) is 0 Å². The molecule has 2 aromatic heterocycles. The fourth-order valence-corrected chi connectivity index (χ4v) is 4.15. The van der Waals surface area contributed by atoms with Crippen LogP contribution in [0.4, 0.5) is 30.8 Å². The van der Waals surface area contributed by atoms with Crippen LogP contribution >= 0.6 is 0 Å². The van der Waals surface area contributed by atoms with Crippen molar-refractivity contribution in [3.05, 3.63) is 35.7 Å². The van der Waals surface area contributed by atoms with E-state index in [9.17, 15) is 13.2 Å². The maximum atomic E-state index is 13.0. The molecule has 5 rings (SSSR count). The molecule has 0 amide bonds. The van der Waals surface area contributed by atoms with Gasteiger partial charge in [-0.2, -0.15) is 18.2 Å². The Morgan fingerprint density at radius 2 is 1.80 bits per heavy atom. The summed E-state index contributed by atoms with van der Waals surface area (Å²) >= 11 is 0. The van der Waals surface area contributed by atoms with Crippen molar-refractivity contribution < 1.29 is 22.6 Å². The van der Waals surface area contributed by atoms with Crippen molar-refractivity contribution in [2.45, 2.75) is 24.9 Å². The Morgan fingerprint density at radius 3 is 2.47 bits per heavy atom. The largest absolute Gasteiger partial charge is 0.416 e. The molecule has 7 nitrogen and oxygen atoms in total. The first-order chi connectivity index (χ1) is 14.4. The molecule has 10 heteroatoms. The van der Waals surface area contributed by atoms with E-state index >= 15 is 0 Å². The highest BCUT2D eigenvalue weighted by molar-refractivity contribution is 5.56. The number of pyridine rings is 1. The van der Waals surface area contributed by atoms with Gasteiger partial charge in [-0.1, -0.05) is 0 Å². The van der Waals surface area contributed by atoms with Crippen molar-refractivity contribution in [1.82, 2.24) is 15.0 Å². The summed E-state index contributed by atoms with van der Waals surface area (Å²) in [5.74, 6) is 1.36. The molecule has 3 aliphatic rings. The van der Waals surface area contributed by atoms with Crippen LogP contribution in [0.1, 0.15) is 30.0 Å². The highest BCUT2D eigenvalue weighted by Crippen LogP contribution is 2.40. The van der Waals surface area contributed by atoms with Crippen LogP contribution < -0.4 is 10.2 Å². The molecule has 0 unspecified atom stereocenters. The van der Waals surface area contributed by atoms with E-state index in [2.05, 4.69) is 20.2 Å². The van der Waals surface area contributed by atoms with E-state index in [-0.39, 0.29) is 17.2 Å². The molecule has 3 fully saturated rings. The van der Waals surface area contributed by atoms with E-state index in [0.29, 0.717) is 25.0 Å². The van der Waals surface area contributed by atoms with Gasteiger partial charge in [0.1, 0.15) is 11.6 Å². The van der Waals surface area contributed by atoms with Crippen molar-refractivity contribution in [3.63, 3.8) is 0 Å². The van der Waals surface area contributed by atoms with Gasteiger partial charge in [0, 0.05) is 44.5 Å². The Hall–Kier alpha value is -2.46. The Labute approximate surface area is 171 Å². The van der Waals surface area contributed by atoms with Crippen LogP contribution in [0, 0.1) is 5.41 Å². The topological polar surface area (TPSA) is 72.4 Å². The van der Waals surface area contributed by atoms with Crippen LogP contribution in [0.15, 0.2) is 24.4 Å². The average Bonchev–Trinajstić information content (AvgIpc) is 2.66. The van der Waals surface area contributed by atoms with Crippen LogP contribution in [0.5, 0.6) is 0 Å². The predicted molar refractivity (Wildman–Crippen MR) is 103 cm³/mol. The van der Waals surface area contributed by atoms with Gasteiger partial charge < -0.3 is 19.7 Å². The zero-order chi connectivity index (χ0) is 20.8. The fourth-order valence-electron chi connectivity index (χ4n) is 4.15. The minimum atomic E-state index is -4.43. The number of alkyl halides is 3. The maximum absolute atomic E-state index is 13.0. The zero-order valence-corrected chi connectivity index (χ0v) is 16.3. The summed E-state index contributed by atoms with van der Waals surface area (Å²) in [5.41, 5.74) is 0.325.